The first-order chi connectivity index (χ1) is 14.7. The molecule has 1 atom stereocenters. The maximum absolute atomic E-state index is 12.9. The molecule has 0 spiro atoms. The molecular formula is C23H17N3O3S. The number of imide groups is 1. The van der Waals surface area contributed by atoms with Crippen LogP contribution in [0.5, 0.6) is 0 Å². The van der Waals surface area contributed by atoms with Gasteiger partial charge in [-0.05, 0) is 60.0 Å². The van der Waals surface area contributed by atoms with Gasteiger partial charge in [-0.15, -0.1) is 11.8 Å². The van der Waals surface area contributed by atoms with Gasteiger partial charge in [0.1, 0.15) is 5.76 Å². The zero-order valence-electron chi connectivity index (χ0n) is 15.8. The van der Waals surface area contributed by atoms with E-state index in [9.17, 15) is 9.59 Å². The number of H-pyrrole nitrogens is 1. The number of carbonyl (C=O) groups excluding carboxylic acids is 2. The number of nitrogens with one attached hydrogen (secondary N) is 1. The molecular weight excluding hydrogens is 398 g/mol. The Morgan fingerprint density at radius 3 is 2.77 bits per heavy atom. The number of nitrogens with zero attached hydrogens (tertiary/aromatic N) is 2. The first-order valence-corrected chi connectivity index (χ1v) is 10.3. The number of hydrogen-bond donors (Lipinski definition) is 1. The normalized spacial score (nSPS) is 16.9. The molecule has 4 aromatic rings. The van der Waals surface area contributed by atoms with Crippen molar-refractivity contribution in [3.8, 4) is 0 Å². The van der Waals surface area contributed by atoms with Crippen molar-refractivity contribution in [2.45, 2.75) is 16.6 Å². The summed E-state index contributed by atoms with van der Waals surface area (Å²) in [6.07, 6.45) is 5.27. The molecule has 2 aromatic heterocycles. The van der Waals surface area contributed by atoms with Gasteiger partial charge in [-0.1, -0.05) is 6.07 Å². The second-order valence-electron chi connectivity index (χ2n) is 6.89. The second kappa shape index (κ2) is 7.68. The van der Waals surface area contributed by atoms with E-state index in [2.05, 4.69) is 9.98 Å². The molecule has 1 saturated heterocycles. The lowest BCUT2D eigenvalue weighted by atomic mass is 10.2. The number of carbonyl (C=O) groups is 2. The summed E-state index contributed by atoms with van der Waals surface area (Å²) in [5.74, 6) is 0.319. The number of aromatic amines is 1. The number of anilines is 1. The molecule has 6 nitrogen and oxygen atoms in total. The SMILES string of the molecule is O=C1CC(Sc2ccc(N=Cc3ccco3)cc2)C(=O)N1c1ccc2cc[nH]c2c1. The highest BCUT2D eigenvalue weighted by molar-refractivity contribution is 8.00. The first-order valence-electron chi connectivity index (χ1n) is 9.46. The van der Waals surface area contributed by atoms with Crippen LogP contribution in [-0.2, 0) is 9.59 Å². The fraction of sp³-hybridized carbons (Fsp3) is 0.0870. The lowest BCUT2D eigenvalue weighted by Crippen LogP contribution is -2.31. The number of amides is 2. The molecule has 2 amide bonds. The molecule has 0 saturated carbocycles. The third-order valence-corrected chi connectivity index (χ3v) is 6.10. The monoisotopic (exact) mass is 415 g/mol. The van der Waals surface area contributed by atoms with Crippen LogP contribution in [0.25, 0.3) is 10.9 Å². The number of rotatable bonds is 5. The summed E-state index contributed by atoms with van der Waals surface area (Å²) in [5.41, 5.74) is 2.28. The Balaban J connectivity index is 1.29. The Morgan fingerprint density at radius 1 is 1.10 bits per heavy atom. The molecule has 30 heavy (non-hydrogen) atoms. The maximum Gasteiger partial charge on any atom is 0.247 e. The van der Waals surface area contributed by atoms with Crippen LogP contribution in [-0.4, -0.2) is 28.3 Å². The fourth-order valence-corrected chi connectivity index (χ4v) is 4.47. The van der Waals surface area contributed by atoms with Crippen LogP contribution in [0.3, 0.4) is 0 Å². The molecule has 1 aliphatic rings. The van der Waals surface area contributed by atoms with Crippen LogP contribution in [0.15, 0.2) is 87.4 Å². The minimum atomic E-state index is -0.436. The predicted octanol–water partition coefficient (Wildman–Crippen LogP) is 4.94. The van der Waals surface area contributed by atoms with Gasteiger partial charge in [-0.25, -0.2) is 4.90 Å². The molecule has 0 aliphatic carbocycles. The van der Waals surface area contributed by atoms with E-state index < -0.39 is 5.25 Å². The van der Waals surface area contributed by atoms with Crippen LogP contribution >= 0.6 is 11.8 Å². The van der Waals surface area contributed by atoms with Crippen molar-refractivity contribution < 1.29 is 14.0 Å². The van der Waals surface area contributed by atoms with Crippen molar-refractivity contribution in [1.82, 2.24) is 4.98 Å². The van der Waals surface area contributed by atoms with E-state index in [4.69, 9.17) is 4.42 Å². The summed E-state index contributed by atoms with van der Waals surface area (Å²) >= 11 is 1.40. The number of thioether (sulfide) groups is 1. The van der Waals surface area contributed by atoms with Gasteiger partial charge in [-0.2, -0.15) is 0 Å². The summed E-state index contributed by atoms with van der Waals surface area (Å²) in [6, 6.07) is 18.7. The highest BCUT2D eigenvalue weighted by Crippen LogP contribution is 2.35. The van der Waals surface area contributed by atoms with Gasteiger partial charge in [0.15, 0.2) is 0 Å². The molecule has 1 aliphatic heterocycles. The average molecular weight is 415 g/mol. The van der Waals surface area contributed by atoms with Crippen molar-refractivity contribution in [1.29, 1.82) is 0 Å². The lowest BCUT2D eigenvalue weighted by molar-refractivity contribution is -0.121. The zero-order valence-corrected chi connectivity index (χ0v) is 16.6. The van der Waals surface area contributed by atoms with Gasteiger partial charge >= 0.3 is 0 Å². The molecule has 3 heterocycles. The number of aromatic nitrogens is 1. The first kappa shape index (κ1) is 18.4. The number of fused-ring (bicyclic) bond motifs is 1. The molecule has 1 N–H and O–H groups in total. The van der Waals surface area contributed by atoms with E-state index in [1.54, 1.807) is 18.5 Å². The van der Waals surface area contributed by atoms with E-state index in [1.807, 2.05) is 60.8 Å². The van der Waals surface area contributed by atoms with Crippen molar-refractivity contribution >= 4 is 52.1 Å². The second-order valence-corrected chi connectivity index (χ2v) is 8.17. The number of furan rings is 1. The fourth-order valence-electron chi connectivity index (χ4n) is 3.42. The Kier molecular flexibility index (Phi) is 4.72. The van der Waals surface area contributed by atoms with Crippen molar-refractivity contribution in [3.05, 3.63) is 78.9 Å². The average Bonchev–Trinajstić information content (AvgIpc) is 3.49. The van der Waals surface area contributed by atoms with E-state index >= 15 is 0 Å². The minimum absolute atomic E-state index is 0.178. The predicted molar refractivity (Wildman–Crippen MR) is 117 cm³/mol. The van der Waals surface area contributed by atoms with Crippen LogP contribution in [0.2, 0.25) is 0 Å². The van der Waals surface area contributed by atoms with Crippen LogP contribution in [0.4, 0.5) is 11.4 Å². The smallest absolute Gasteiger partial charge is 0.247 e. The summed E-state index contributed by atoms with van der Waals surface area (Å²) in [5, 5.41) is 0.605. The summed E-state index contributed by atoms with van der Waals surface area (Å²) in [7, 11) is 0. The van der Waals surface area contributed by atoms with Gasteiger partial charge in [0.2, 0.25) is 11.8 Å². The van der Waals surface area contributed by atoms with Crippen LogP contribution in [0, 0.1) is 0 Å². The third kappa shape index (κ3) is 3.55. The van der Waals surface area contributed by atoms with Gasteiger partial charge in [0.25, 0.3) is 0 Å². The third-order valence-electron chi connectivity index (χ3n) is 4.90. The van der Waals surface area contributed by atoms with Crippen molar-refractivity contribution in [2.24, 2.45) is 4.99 Å². The lowest BCUT2D eigenvalue weighted by Gasteiger charge is -2.15. The van der Waals surface area contributed by atoms with E-state index in [1.165, 1.54) is 16.7 Å². The topological polar surface area (TPSA) is 78.7 Å². The maximum atomic E-state index is 12.9. The minimum Gasteiger partial charge on any atom is -0.463 e. The molecule has 5 rings (SSSR count). The zero-order chi connectivity index (χ0) is 20.5. The van der Waals surface area contributed by atoms with Crippen molar-refractivity contribution in [2.75, 3.05) is 4.90 Å². The quantitative estimate of drug-likeness (QED) is 0.370. The van der Waals surface area contributed by atoms with Gasteiger partial charge < -0.3 is 9.40 Å². The molecule has 148 valence electrons. The highest BCUT2D eigenvalue weighted by atomic mass is 32.2. The molecule has 1 unspecified atom stereocenters. The molecule has 0 bridgehead atoms. The number of aliphatic imine (C=N–C) groups is 1. The Hall–Kier alpha value is -3.58. The summed E-state index contributed by atoms with van der Waals surface area (Å²) in [6.45, 7) is 0. The Labute approximate surface area is 176 Å². The summed E-state index contributed by atoms with van der Waals surface area (Å²) < 4.78 is 5.23. The molecule has 1 fully saturated rings. The van der Waals surface area contributed by atoms with Crippen molar-refractivity contribution in [3.63, 3.8) is 0 Å². The molecule has 7 heteroatoms. The molecule has 0 radical (unpaired) electrons. The van der Waals surface area contributed by atoms with E-state index in [0.29, 0.717) is 11.4 Å². The van der Waals surface area contributed by atoms with E-state index in [0.717, 1.165) is 21.5 Å². The van der Waals surface area contributed by atoms with Gasteiger partial charge in [-0.3, -0.25) is 14.6 Å². The summed E-state index contributed by atoms with van der Waals surface area (Å²) in [4.78, 5) is 35.2. The van der Waals surface area contributed by atoms with Gasteiger partial charge in [0, 0.05) is 23.0 Å². The number of hydrogen-bond acceptors (Lipinski definition) is 5. The van der Waals surface area contributed by atoms with Crippen LogP contribution in [0.1, 0.15) is 12.2 Å². The van der Waals surface area contributed by atoms with Crippen LogP contribution < -0.4 is 4.90 Å². The Bertz CT molecular complexity index is 1240. The Morgan fingerprint density at radius 2 is 1.97 bits per heavy atom. The highest BCUT2D eigenvalue weighted by Gasteiger charge is 2.40. The standard InChI is InChI=1S/C23H17N3O3S/c27-22-13-21(23(28)26(22)17-6-3-15-9-10-24-20(15)12-17)30-19-7-4-16(5-8-19)25-14-18-2-1-11-29-18/h1-12,14,21,24H,13H2. The van der Waals surface area contributed by atoms with E-state index in [-0.39, 0.29) is 18.2 Å². The number of benzene rings is 2. The largest absolute Gasteiger partial charge is 0.463 e. The molecule has 2 aromatic carbocycles. The van der Waals surface area contributed by atoms with Gasteiger partial charge in [0.05, 0.1) is 29.1 Å².